The van der Waals surface area contributed by atoms with Crippen molar-refractivity contribution in [3.05, 3.63) is 64.0 Å². The standard InChI is InChI=1S/C18H14BrFN2O3/c1-2-25-18(24)16-15(12-9-10(19)7-8-14(12)21-16)22-17(23)11-5-3-4-6-13(11)20/h3-9,21H,2H2,1H3,(H,22,23). The molecule has 0 saturated carbocycles. The van der Waals surface area contributed by atoms with Gasteiger partial charge in [0.2, 0.25) is 0 Å². The Balaban J connectivity index is 2.08. The molecule has 0 aliphatic carbocycles. The van der Waals surface area contributed by atoms with E-state index in [0.29, 0.717) is 10.9 Å². The number of aromatic nitrogens is 1. The molecule has 0 saturated heterocycles. The van der Waals surface area contributed by atoms with Crippen molar-refractivity contribution in [1.82, 2.24) is 4.98 Å². The summed E-state index contributed by atoms with van der Waals surface area (Å²) in [5.41, 5.74) is 0.902. The highest BCUT2D eigenvalue weighted by atomic mass is 79.9. The molecule has 25 heavy (non-hydrogen) atoms. The quantitative estimate of drug-likeness (QED) is 0.628. The molecule has 0 atom stereocenters. The smallest absolute Gasteiger partial charge is 0.356 e. The van der Waals surface area contributed by atoms with Crippen molar-refractivity contribution in [1.29, 1.82) is 0 Å². The first-order chi connectivity index (χ1) is 12.0. The molecule has 0 radical (unpaired) electrons. The van der Waals surface area contributed by atoms with Gasteiger partial charge in [-0.1, -0.05) is 28.1 Å². The summed E-state index contributed by atoms with van der Waals surface area (Å²) in [7, 11) is 0. The second-order valence-electron chi connectivity index (χ2n) is 5.22. The Morgan fingerprint density at radius 1 is 1.24 bits per heavy atom. The van der Waals surface area contributed by atoms with Crippen molar-refractivity contribution in [2.24, 2.45) is 0 Å². The molecule has 0 fully saturated rings. The van der Waals surface area contributed by atoms with E-state index in [4.69, 9.17) is 4.74 Å². The van der Waals surface area contributed by atoms with Crippen molar-refractivity contribution in [2.75, 3.05) is 11.9 Å². The number of amides is 1. The number of benzene rings is 2. The summed E-state index contributed by atoms with van der Waals surface area (Å²) in [6.45, 7) is 1.88. The van der Waals surface area contributed by atoms with Gasteiger partial charge in [0.05, 0.1) is 17.9 Å². The highest BCUT2D eigenvalue weighted by Gasteiger charge is 2.22. The molecule has 3 aromatic rings. The Morgan fingerprint density at radius 2 is 2.00 bits per heavy atom. The first-order valence-corrected chi connectivity index (χ1v) is 8.34. The number of hydrogen-bond donors (Lipinski definition) is 2. The van der Waals surface area contributed by atoms with Crippen LogP contribution in [0.15, 0.2) is 46.9 Å². The number of anilines is 1. The van der Waals surface area contributed by atoms with Crippen molar-refractivity contribution in [3.8, 4) is 0 Å². The Morgan fingerprint density at radius 3 is 2.72 bits per heavy atom. The molecular formula is C18H14BrFN2O3. The van der Waals surface area contributed by atoms with Crippen LogP contribution in [-0.2, 0) is 4.74 Å². The molecule has 0 aliphatic rings. The van der Waals surface area contributed by atoms with Crippen LogP contribution in [0.4, 0.5) is 10.1 Å². The fourth-order valence-electron chi connectivity index (χ4n) is 2.48. The van der Waals surface area contributed by atoms with Gasteiger partial charge in [0.15, 0.2) is 0 Å². The van der Waals surface area contributed by atoms with Crippen molar-refractivity contribution < 1.29 is 18.7 Å². The maximum absolute atomic E-state index is 13.9. The third-order valence-corrected chi connectivity index (χ3v) is 4.09. The van der Waals surface area contributed by atoms with E-state index in [9.17, 15) is 14.0 Å². The van der Waals surface area contributed by atoms with Gasteiger partial charge in [0, 0.05) is 15.4 Å². The van der Waals surface area contributed by atoms with Crippen LogP contribution in [0.1, 0.15) is 27.8 Å². The van der Waals surface area contributed by atoms with E-state index in [2.05, 4.69) is 26.2 Å². The van der Waals surface area contributed by atoms with Gasteiger partial charge >= 0.3 is 5.97 Å². The Hall–Kier alpha value is -2.67. The van der Waals surface area contributed by atoms with Crippen molar-refractivity contribution in [3.63, 3.8) is 0 Å². The van der Waals surface area contributed by atoms with E-state index < -0.39 is 17.7 Å². The van der Waals surface area contributed by atoms with Gasteiger partial charge < -0.3 is 15.0 Å². The average Bonchev–Trinajstić information content (AvgIpc) is 2.93. The minimum Gasteiger partial charge on any atom is -0.461 e. The van der Waals surface area contributed by atoms with Gasteiger partial charge in [-0.2, -0.15) is 0 Å². The van der Waals surface area contributed by atoms with Gasteiger partial charge in [-0.15, -0.1) is 0 Å². The summed E-state index contributed by atoms with van der Waals surface area (Å²) < 4.78 is 19.7. The first-order valence-electron chi connectivity index (χ1n) is 7.55. The maximum atomic E-state index is 13.9. The normalized spacial score (nSPS) is 10.7. The number of rotatable bonds is 4. The average molecular weight is 405 g/mol. The summed E-state index contributed by atoms with van der Waals surface area (Å²) in [5.74, 6) is -1.89. The Kier molecular flexibility index (Phi) is 4.85. The lowest BCUT2D eigenvalue weighted by molar-refractivity contribution is 0.0522. The second-order valence-corrected chi connectivity index (χ2v) is 6.14. The Bertz CT molecular complexity index is 968. The molecule has 0 unspecified atom stereocenters. The van der Waals surface area contributed by atoms with Gasteiger partial charge in [-0.05, 0) is 37.3 Å². The van der Waals surface area contributed by atoms with Gasteiger partial charge in [0.25, 0.3) is 5.91 Å². The number of esters is 1. The third kappa shape index (κ3) is 3.41. The lowest BCUT2D eigenvalue weighted by Gasteiger charge is -2.08. The number of halogens is 2. The van der Waals surface area contributed by atoms with Crippen LogP contribution in [0.5, 0.6) is 0 Å². The summed E-state index contributed by atoms with van der Waals surface area (Å²) in [4.78, 5) is 27.6. The molecule has 0 spiro atoms. The summed E-state index contributed by atoms with van der Waals surface area (Å²) in [5, 5.41) is 3.24. The number of aromatic amines is 1. The molecule has 2 aromatic carbocycles. The van der Waals surface area contributed by atoms with E-state index in [1.807, 2.05) is 0 Å². The van der Waals surface area contributed by atoms with Crippen LogP contribution >= 0.6 is 15.9 Å². The van der Waals surface area contributed by atoms with Crippen LogP contribution < -0.4 is 5.32 Å². The number of fused-ring (bicyclic) bond motifs is 1. The third-order valence-electron chi connectivity index (χ3n) is 3.60. The number of ether oxygens (including phenoxy) is 1. The van der Waals surface area contributed by atoms with Crippen LogP contribution in [0.25, 0.3) is 10.9 Å². The van der Waals surface area contributed by atoms with E-state index >= 15 is 0 Å². The van der Waals surface area contributed by atoms with Crippen LogP contribution in [0, 0.1) is 5.82 Å². The fraction of sp³-hybridized carbons (Fsp3) is 0.111. The van der Waals surface area contributed by atoms with Gasteiger partial charge in [0.1, 0.15) is 11.5 Å². The lowest BCUT2D eigenvalue weighted by Crippen LogP contribution is -2.16. The summed E-state index contributed by atoms with van der Waals surface area (Å²) in [6.07, 6.45) is 0. The van der Waals surface area contributed by atoms with Crippen LogP contribution in [0.2, 0.25) is 0 Å². The zero-order valence-corrected chi connectivity index (χ0v) is 14.8. The van der Waals surface area contributed by atoms with E-state index in [1.54, 1.807) is 31.2 Å². The first kappa shape index (κ1) is 17.2. The number of nitrogens with one attached hydrogen (secondary N) is 2. The predicted octanol–water partition coefficient (Wildman–Crippen LogP) is 4.50. The highest BCUT2D eigenvalue weighted by molar-refractivity contribution is 9.10. The molecule has 1 heterocycles. The number of hydrogen-bond acceptors (Lipinski definition) is 3. The minimum atomic E-state index is -0.649. The van der Waals surface area contributed by atoms with Crippen LogP contribution in [0.3, 0.4) is 0 Å². The molecule has 1 aromatic heterocycles. The number of H-pyrrole nitrogens is 1. The molecule has 0 bridgehead atoms. The molecule has 7 heteroatoms. The largest absolute Gasteiger partial charge is 0.461 e. The predicted molar refractivity (Wildman–Crippen MR) is 96.3 cm³/mol. The second kappa shape index (κ2) is 7.06. The van der Waals surface area contributed by atoms with Crippen molar-refractivity contribution >= 4 is 44.4 Å². The number of carbonyl (C=O) groups excluding carboxylic acids is 2. The molecule has 0 aliphatic heterocycles. The fourth-order valence-corrected chi connectivity index (χ4v) is 2.84. The van der Waals surface area contributed by atoms with E-state index in [1.165, 1.54) is 18.2 Å². The summed E-state index contributed by atoms with van der Waals surface area (Å²) in [6, 6.07) is 11.0. The highest BCUT2D eigenvalue weighted by Crippen LogP contribution is 2.31. The van der Waals surface area contributed by atoms with Gasteiger partial charge in [-0.25, -0.2) is 9.18 Å². The molecular weight excluding hydrogens is 391 g/mol. The monoisotopic (exact) mass is 404 g/mol. The van der Waals surface area contributed by atoms with Gasteiger partial charge in [-0.3, -0.25) is 4.79 Å². The topological polar surface area (TPSA) is 71.2 Å². The van der Waals surface area contributed by atoms with E-state index in [0.717, 1.165) is 4.47 Å². The van der Waals surface area contributed by atoms with E-state index in [-0.39, 0.29) is 23.6 Å². The molecule has 2 N–H and O–H groups in total. The maximum Gasteiger partial charge on any atom is 0.356 e. The Labute approximate surface area is 151 Å². The SMILES string of the molecule is CCOC(=O)c1[nH]c2ccc(Br)cc2c1NC(=O)c1ccccc1F. The number of carbonyl (C=O) groups is 2. The lowest BCUT2D eigenvalue weighted by atomic mass is 10.1. The van der Waals surface area contributed by atoms with Crippen molar-refractivity contribution in [2.45, 2.75) is 6.92 Å². The van der Waals surface area contributed by atoms with Crippen LogP contribution in [-0.4, -0.2) is 23.5 Å². The zero-order chi connectivity index (χ0) is 18.0. The molecule has 128 valence electrons. The summed E-state index contributed by atoms with van der Waals surface area (Å²) >= 11 is 3.36. The minimum absolute atomic E-state index is 0.110. The molecule has 5 nitrogen and oxygen atoms in total. The molecule has 3 rings (SSSR count). The molecule has 1 amide bonds. The zero-order valence-electron chi connectivity index (χ0n) is 13.2.